The van der Waals surface area contributed by atoms with Gasteiger partial charge in [-0.05, 0) is 44.0 Å². The van der Waals surface area contributed by atoms with Gasteiger partial charge in [0.15, 0.2) is 5.78 Å². The van der Waals surface area contributed by atoms with Crippen molar-refractivity contribution in [3.63, 3.8) is 0 Å². The van der Waals surface area contributed by atoms with Crippen LogP contribution in [0.15, 0.2) is 61.1 Å². The summed E-state index contributed by atoms with van der Waals surface area (Å²) in [4.78, 5) is 36.9. The maximum atomic E-state index is 13.6. The third-order valence-electron chi connectivity index (χ3n) is 6.47. The molecule has 39 heavy (non-hydrogen) atoms. The number of aromatic nitrogens is 3. The number of H-pyrrole nitrogens is 1. The van der Waals surface area contributed by atoms with E-state index in [2.05, 4.69) is 25.6 Å². The first-order valence-corrected chi connectivity index (χ1v) is 13.0. The van der Waals surface area contributed by atoms with Crippen molar-refractivity contribution in [1.29, 1.82) is 0 Å². The summed E-state index contributed by atoms with van der Waals surface area (Å²) < 4.78 is 11.7. The Hall–Kier alpha value is -3.99. The lowest BCUT2D eigenvalue weighted by molar-refractivity contribution is -0.129. The van der Waals surface area contributed by atoms with Crippen molar-refractivity contribution in [2.75, 3.05) is 18.5 Å². The van der Waals surface area contributed by atoms with Gasteiger partial charge < -0.3 is 30.2 Å². The molecule has 10 nitrogen and oxygen atoms in total. The Morgan fingerprint density at radius 1 is 1.15 bits per heavy atom. The summed E-state index contributed by atoms with van der Waals surface area (Å²) in [6.45, 7) is 2.15. The number of carbonyl (C=O) groups is 2. The monoisotopic (exact) mass is 549 g/mol. The highest BCUT2D eigenvalue weighted by molar-refractivity contribution is 6.35. The fraction of sp³-hybridized carbons (Fsp3) is 0.286. The summed E-state index contributed by atoms with van der Waals surface area (Å²) in [6.07, 6.45) is 3.31. The van der Waals surface area contributed by atoms with E-state index in [0.29, 0.717) is 59.0 Å². The number of ketones is 1. The number of amides is 1. The summed E-state index contributed by atoms with van der Waals surface area (Å²) >= 11 is 6.52. The number of ether oxygens (including phenoxy) is 2. The number of anilines is 1. The topological polar surface area (TPSA) is 138 Å². The van der Waals surface area contributed by atoms with Gasteiger partial charge in [-0.25, -0.2) is 9.97 Å². The standard InChI is InChI=1S/C28H28ClN5O5/c1-16(35)28(37)31-12-20-8-7-17(14-38-20)34-27-24-22(13-30-26(24)32-15-33-27)25(36)21-10-9-19(11-23(21)29)39-18-5-3-2-4-6-18/h2-6,9-11,13,15-17,20,35H,7-8,12,14H2,1H3,(H,31,37)(H2,30,32,33,34)/t16-,17+,20-/m0/s1. The molecule has 3 heterocycles. The first kappa shape index (κ1) is 26.6. The lowest BCUT2D eigenvalue weighted by Crippen LogP contribution is -2.43. The molecule has 3 atom stereocenters. The van der Waals surface area contributed by atoms with Crippen molar-refractivity contribution in [3.05, 3.63) is 77.2 Å². The highest BCUT2D eigenvalue weighted by atomic mass is 35.5. The lowest BCUT2D eigenvalue weighted by Gasteiger charge is -2.30. The van der Waals surface area contributed by atoms with Crippen LogP contribution in [-0.4, -0.2) is 63.2 Å². The number of carbonyl (C=O) groups excluding carboxylic acids is 2. The largest absolute Gasteiger partial charge is 0.457 e. The second-order valence-electron chi connectivity index (χ2n) is 9.33. The number of aliphatic hydroxyl groups excluding tert-OH is 1. The zero-order chi connectivity index (χ0) is 27.4. The normalized spacial score (nSPS) is 17.9. The minimum absolute atomic E-state index is 0.0531. The van der Waals surface area contributed by atoms with Crippen LogP contribution in [0.25, 0.3) is 11.0 Å². The minimum Gasteiger partial charge on any atom is -0.457 e. The molecule has 2 aromatic heterocycles. The number of hydrogen-bond donors (Lipinski definition) is 4. The molecule has 4 N–H and O–H groups in total. The summed E-state index contributed by atoms with van der Waals surface area (Å²) in [6, 6.07) is 14.2. The highest BCUT2D eigenvalue weighted by Gasteiger charge is 2.26. The molecule has 2 aromatic carbocycles. The molecule has 1 amide bonds. The SMILES string of the molecule is C[C@H](O)C(=O)NC[C@@H]1CC[C@@H](Nc2ncnc3[nH]cc(C(=O)c4ccc(Oc5ccccc5)cc4Cl)c23)CO1. The molecule has 0 radical (unpaired) electrons. The van der Waals surface area contributed by atoms with E-state index in [-0.39, 0.29) is 23.0 Å². The molecule has 0 saturated carbocycles. The van der Waals surface area contributed by atoms with Gasteiger partial charge in [0.2, 0.25) is 5.91 Å². The van der Waals surface area contributed by atoms with Gasteiger partial charge in [0.05, 0.1) is 34.7 Å². The molecule has 4 aromatic rings. The zero-order valence-electron chi connectivity index (χ0n) is 21.2. The number of rotatable bonds is 9. The van der Waals surface area contributed by atoms with Gasteiger partial charge in [0.25, 0.3) is 0 Å². The lowest BCUT2D eigenvalue weighted by atomic mass is 10.0. The number of fused-ring (bicyclic) bond motifs is 1. The van der Waals surface area contributed by atoms with E-state index >= 15 is 0 Å². The number of aliphatic hydroxyl groups is 1. The van der Waals surface area contributed by atoms with Gasteiger partial charge >= 0.3 is 0 Å². The molecule has 0 aliphatic carbocycles. The third-order valence-corrected chi connectivity index (χ3v) is 6.79. The van der Waals surface area contributed by atoms with Gasteiger partial charge in [0, 0.05) is 24.4 Å². The second kappa shape index (κ2) is 11.8. The zero-order valence-corrected chi connectivity index (χ0v) is 21.9. The quantitative estimate of drug-likeness (QED) is 0.229. The molecular formula is C28H28ClN5O5. The van der Waals surface area contributed by atoms with Crippen LogP contribution < -0.4 is 15.4 Å². The summed E-state index contributed by atoms with van der Waals surface area (Å²) in [5, 5.41) is 16.2. The number of hydrogen-bond acceptors (Lipinski definition) is 8. The molecule has 5 rings (SSSR count). The Balaban J connectivity index is 1.29. The predicted molar refractivity (Wildman–Crippen MR) is 146 cm³/mol. The van der Waals surface area contributed by atoms with E-state index in [1.54, 1.807) is 24.4 Å². The van der Waals surface area contributed by atoms with Gasteiger partial charge in [-0.2, -0.15) is 0 Å². The van der Waals surface area contributed by atoms with Gasteiger partial charge in [0.1, 0.15) is 35.4 Å². The van der Waals surface area contributed by atoms with E-state index in [1.165, 1.54) is 13.3 Å². The third kappa shape index (κ3) is 6.19. The average Bonchev–Trinajstić information content (AvgIpc) is 3.38. The minimum atomic E-state index is -1.06. The van der Waals surface area contributed by atoms with Crippen LogP contribution in [0.4, 0.5) is 5.82 Å². The Morgan fingerprint density at radius 2 is 1.97 bits per heavy atom. The second-order valence-corrected chi connectivity index (χ2v) is 9.74. The van der Waals surface area contributed by atoms with Crippen LogP contribution in [0.1, 0.15) is 35.7 Å². The molecule has 11 heteroatoms. The Kier molecular flexibility index (Phi) is 8.06. The van der Waals surface area contributed by atoms with E-state index < -0.39 is 12.0 Å². The van der Waals surface area contributed by atoms with E-state index in [0.717, 1.165) is 6.42 Å². The molecule has 1 aliphatic rings. The summed E-state index contributed by atoms with van der Waals surface area (Å²) in [7, 11) is 0. The van der Waals surface area contributed by atoms with Crippen molar-refractivity contribution in [2.24, 2.45) is 0 Å². The Labute approximate surface area is 229 Å². The highest BCUT2D eigenvalue weighted by Crippen LogP contribution is 2.32. The average molecular weight is 550 g/mol. The van der Waals surface area contributed by atoms with Gasteiger partial charge in [-0.1, -0.05) is 29.8 Å². The van der Waals surface area contributed by atoms with Gasteiger partial charge in [-0.3, -0.25) is 9.59 Å². The molecule has 0 spiro atoms. The fourth-order valence-electron chi connectivity index (χ4n) is 4.40. The van der Waals surface area contributed by atoms with Crippen molar-refractivity contribution in [3.8, 4) is 11.5 Å². The number of benzene rings is 2. The molecule has 0 bridgehead atoms. The van der Waals surface area contributed by atoms with Crippen molar-refractivity contribution < 1.29 is 24.2 Å². The van der Waals surface area contributed by atoms with Crippen LogP contribution >= 0.6 is 11.6 Å². The number of aromatic amines is 1. The maximum Gasteiger partial charge on any atom is 0.248 e. The van der Waals surface area contributed by atoms with E-state index in [1.807, 2.05) is 30.3 Å². The number of nitrogens with one attached hydrogen (secondary N) is 3. The number of para-hydroxylation sites is 1. The van der Waals surface area contributed by atoms with E-state index in [9.17, 15) is 14.7 Å². The Bertz CT molecular complexity index is 1470. The van der Waals surface area contributed by atoms with Crippen molar-refractivity contribution in [1.82, 2.24) is 20.3 Å². The summed E-state index contributed by atoms with van der Waals surface area (Å²) in [5.41, 5.74) is 1.24. The van der Waals surface area contributed by atoms with Crippen molar-refractivity contribution >= 4 is 40.1 Å². The molecular weight excluding hydrogens is 522 g/mol. The van der Waals surface area contributed by atoms with Crippen molar-refractivity contribution in [2.45, 2.75) is 38.0 Å². The number of halogens is 1. The van der Waals surface area contributed by atoms with E-state index in [4.69, 9.17) is 21.1 Å². The summed E-state index contributed by atoms with van der Waals surface area (Å²) in [5.74, 6) is 1.00. The van der Waals surface area contributed by atoms with Gasteiger partial charge in [-0.15, -0.1) is 0 Å². The molecule has 1 fully saturated rings. The van der Waals surface area contributed by atoms with Crippen LogP contribution in [0.3, 0.4) is 0 Å². The smallest absolute Gasteiger partial charge is 0.248 e. The molecule has 1 aliphatic heterocycles. The number of nitrogens with zero attached hydrogens (tertiary/aromatic N) is 2. The maximum absolute atomic E-state index is 13.6. The predicted octanol–water partition coefficient (Wildman–Crippen LogP) is 4.09. The van der Waals surface area contributed by atoms with Crippen LogP contribution in [0, 0.1) is 0 Å². The first-order valence-electron chi connectivity index (χ1n) is 12.6. The first-order chi connectivity index (χ1) is 18.9. The fourth-order valence-corrected chi connectivity index (χ4v) is 4.66. The molecule has 1 saturated heterocycles. The van der Waals surface area contributed by atoms with Crippen LogP contribution in [0.5, 0.6) is 11.5 Å². The van der Waals surface area contributed by atoms with Crippen LogP contribution in [0.2, 0.25) is 5.02 Å². The molecule has 202 valence electrons. The molecule has 0 unspecified atom stereocenters. The van der Waals surface area contributed by atoms with Crippen LogP contribution in [-0.2, 0) is 9.53 Å². The Morgan fingerprint density at radius 3 is 2.69 bits per heavy atom.